The Balaban J connectivity index is 0.00000210. The van der Waals surface area contributed by atoms with Crippen LogP contribution < -0.4 is 4.74 Å². The van der Waals surface area contributed by atoms with Gasteiger partial charge in [0.2, 0.25) is 11.7 Å². The normalized spacial score (nSPS) is 29.2. The summed E-state index contributed by atoms with van der Waals surface area (Å²) in [5.41, 5.74) is 0.606. The van der Waals surface area contributed by atoms with Gasteiger partial charge in [0.15, 0.2) is 0 Å². The minimum atomic E-state index is -0.400. The number of benzene rings is 1. The highest BCUT2D eigenvalue weighted by atomic mass is 35.5. The highest BCUT2D eigenvalue weighted by molar-refractivity contribution is 5.85. The zero-order valence-electron chi connectivity index (χ0n) is 15.5. The maximum atomic E-state index is 11.0. The Bertz CT molecular complexity index is 786. The molecule has 3 aliphatic rings. The number of aliphatic hydroxyl groups is 1. The molecule has 27 heavy (non-hydrogen) atoms. The zero-order valence-corrected chi connectivity index (χ0v) is 16.3. The summed E-state index contributed by atoms with van der Waals surface area (Å²) in [6, 6.07) is 7.86. The fourth-order valence-electron chi connectivity index (χ4n) is 4.29. The van der Waals surface area contributed by atoms with Crippen molar-refractivity contribution in [1.29, 1.82) is 0 Å². The molecule has 1 N–H and O–H groups in total. The topological polar surface area (TPSA) is 71.6 Å². The van der Waals surface area contributed by atoms with Gasteiger partial charge in [0.25, 0.3) is 0 Å². The van der Waals surface area contributed by atoms with Crippen molar-refractivity contribution in [2.45, 2.75) is 38.3 Å². The first kappa shape index (κ1) is 19.9. The average molecular weight is 392 g/mol. The van der Waals surface area contributed by atoms with E-state index < -0.39 is 6.10 Å². The monoisotopic (exact) mass is 391 g/mol. The smallest absolute Gasteiger partial charge is 0.223 e. The largest absolute Gasteiger partial charge is 0.492 e. The number of halogens is 1. The van der Waals surface area contributed by atoms with Gasteiger partial charge in [-0.3, -0.25) is 4.90 Å². The maximum absolute atomic E-state index is 11.0. The highest BCUT2D eigenvalue weighted by Crippen LogP contribution is 2.45. The van der Waals surface area contributed by atoms with Gasteiger partial charge in [-0.25, -0.2) is 0 Å². The van der Waals surface area contributed by atoms with Crippen LogP contribution in [0.3, 0.4) is 0 Å². The van der Waals surface area contributed by atoms with Gasteiger partial charge < -0.3 is 14.4 Å². The lowest BCUT2D eigenvalue weighted by Gasteiger charge is -2.55. The first-order valence-electron chi connectivity index (χ1n) is 9.18. The van der Waals surface area contributed by atoms with Gasteiger partial charge in [-0.15, -0.1) is 19.0 Å². The number of aryl methyl sites for hydroxylation is 1. The van der Waals surface area contributed by atoms with Crippen molar-refractivity contribution in [2.75, 3.05) is 19.7 Å². The summed E-state index contributed by atoms with van der Waals surface area (Å²) >= 11 is 0. The van der Waals surface area contributed by atoms with Gasteiger partial charge in [0.1, 0.15) is 5.75 Å². The van der Waals surface area contributed by atoms with Crippen LogP contribution in [0, 0.1) is 12.3 Å². The van der Waals surface area contributed by atoms with E-state index >= 15 is 0 Å². The number of nitrogens with zero attached hydrogens (tertiary/aromatic N) is 3. The Morgan fingerprint density at radius 3 is 2.78 bits per heavy atom. The van der Waals surface area contributed by atoms with E-state index in [4.69, 9.17) is 9.26 Å². The van der Waals surface area contributed by atoms with Crippen LogP contribution >= 0.6 is 12.4 Å². The van der Waals surface area contributed by atoms with Gasteiger partial charge >= 0.3 is 0 Å². The summed E-state index contributed by atoms with van der Waals surface area (Å²) in [6.45, 7) is 8.11. The number of rotatable bonds is 6. The van der Waals surface area contributed by atoms with Gasteiger partial charge in [0, 0.05) is 18.4 Å². The van der Waals surface area contributed by atoms with Crippen LogP contribution in [-0.2, 0) is 0 Å². The second-order valence-electron chi connectivity index (χ2n) is 7.36. The number of aliphatic hydroxyl groups excluding tert-OH is 1. The number of aromatic nitrogens is 2. The van der Waals surface area contributed by atoms with Gasteiger partial charge in [-0.05, 0) is 44.5 Å². The summed E-state index contributed by atoms with van der Waals surface area (Å²) in [4.78, 5) is 6.69. The summed E-state index contributed by atoms with van der Waals surface area (Å²) in [5, 5.41) is 15.0. The molecular weight excluding hydrogens is 366 g/mol. The molecule has 146 valence electrons. The predicted molar refractivity (Wildman–Crippen MR) is 105 cm³/mol. The molecule has 3 saturated heterocycles. The molecule has 2 atom stereocenters. The molecule has 2 bridgehead atoms. The Morgan fingerprint density at radius 1 is 1.37 bits per heavy atom. The molecule has 6 nitrogen and oxygen atoms in total. The predicted octanol–water partition coefficient (Wildman–Crippen LogP) is 3.25. The third kappa shape index (κ3) is 3.61. The van der Waals surface area contributed by atoms with E-state index in [9.17, 15) is 5.11 Å². The summed E-state index contributed by atoms with van der Waals surface area (Å²) < 4.78 is 11.3. The van der Waals surface area contributed by atoms with E-state index in [0.29, 0.717) is 18.3 Å². The molecule has 1 aromatic heterocycles. The van der Waals surface area contributed by atoms with Gasteiger partial charge in [-0.1, -0.05) is 23.4 Å². The fourth-order valence-corrected chi connectivity index (χ4v) is 4.29. The average Bonchev–Trinajstić information content (AvgIpc) is 3.10. The fraction of sp³-hybridized carbons (Fsp3) is 0.500. The second kappa shape index (κ2) is 8.00. The lowest BCUT2D eigenvalue weighted by atomic mass is 9.66. The van der Waals surface area contributed by atoms with Crippen LogP contribution in [0.4, 0.5) is 0 Å². The van der Waals surface area contributed by atoms with E-state index in [1.54, 1.807) is 6.92 Å². The Kier molecular flexibility index (Phi) is 5.89. The third-order valence-electron chi connectivity index (χ3n) is 5.83. The first-order chi connectivity index (χ1) is 12.6. The third-order valence-corrected chi connectivity index (χ3v) is 5.83. The van der Waals surface area contributed by atoms with Crippen LogP contribution in [0.2, 0.25) is 0 Å². The van der Waals surface area contributed by atoms with E-state index in [1.807, 2.05) is 30.3 Å². The number of piperidine rings is 3. The van der Waals surface area contributed by atoms with E-state index in [1.165, 1.54) is 0 Å². The summed E-state index contributed by atoms with van der Waals surface area (Å²) in [6.07, 6.45) is 4.21. The molecule has 0 aliphatic carbocycles. The Hall–Kier alpha value is -1.89. The van der Waals surface area contributed by atoms with Crippen molar-refractivity contribution in [3.63, 3.8) is 0 Å². The van der Waals surface area contributed by atoms with E-state index in [0.717, 1.165) is 43.7 Å². The first-order valence-corrected chi connectivity index (χ1v) is 9.18. The van der Waals surface area contributed by atoms with Crippen molar-refractivity contribution < 1.29 is 14.4 Å². The van der Waals surface area contributed by atoms with Crippen LogP contribution in [-0.4, -0.2) is 52.0 Å². The number of para-hydroxylation sites is 1. The second-order valence-corrected chi connectivity index (χ2v) is 7.36. The Labute approximate surface area is 165 Å². The number of fused-ring (bicyclic) bond motifs is 3. The molecule has 7 heteroatoms. The molecule has 0 amide bonds. The van der Waals surface area contributed by atoms with Crippen molar-refractivity contribution in [1.82, 2.24) is 15.0 Å². The molecule has 0 saturated carbocycles. The molecule has 2 aromatic rings. The molecule has 0 radical (unpaired) electrons. The van der Waals surface area contributed by atoms with Crippen LogP contribution in [0.5, 0.6) is 5.75 Å². The lowest BCUT2D eigenvalue weighted by Crippen LogP contribution is -2.64. The van der Waals surface area contributed by atoms with Crippen molar-refractivity contribution in [3.8, 4) is 17.1 Å². The minimum Gasteiger partial charge on any atom is -0.492 e. The van der Waals surface area contributed by atoms with Crippen LogP contribution in [0.15, 0.2) is 41.4 Å². The molecule has 3 fully saturated rings. The highest BCUT2D eigenvalue weighted by Gasteiger charge is 2.51. The molecule has 4 heterocycles. The summed E-state index contributed by atoms with van der Waals surface area (Å²) in [7, 11) is 0. The van der Waals surface area contributed by atoms with Crippen molar-refractivity contribution in [3.05, 3.63) is 42.8 Å². The van der Waals surface area contributed by atoms with E-state index in [2.05, 4.69) is 21.6 Å². The van der Waals surface area contributed by atoms with Crippen LogP contribution in [0.25, 0.3) is 11.4 Å². The summed E-state index contributed by atoms with van der Waals surface area (Å²) in [5.74, 6) is 1.78. The maximum Gasteiger partial charge on any atom is 0.223 e. The van der Waals surface area contributed by atoms with Crippen molar-refractivity contribution in [2.24, 2.45) is 5.41 Å². The SMILES string of the molecule is C=CCC1C(O)C2(COc3ccccc3-c3noc(C)n3)CCN1CC2.Cl. The number of ether oxygens (including phenoxy) is 1. The molecular formula is C20H26ClN3O3. The minimum absolute atomic E-state index is 0. The Morgan fingerprint density at radius 2 is 2.11 bits per heavy atom. The lowest BCUT2D eigenvalue weighted by molar-refractivity contribution is -0.146. The number of hydrogen-bond acceptors (Lipinski definition) is 6. The molecule has 3 aliphatic heterocycles. The quantitative estimate of drug-likeness (QED) is 0.762. The van der Waals surface area contributed by atoms with Crippen molar-refractivity contribution >= 4 is 12.4 Å². The molecule has 1 aromatic carbocycles. The zero-order chi connectivity index (χ0) is 18.1. The van der Waals surface area contributed by atoms with Gasteiger partial charge in [-0.2, -0.15) is 4.98 Å². The van der Waals surface area contributed by atoms with Gasteiger partial charge in [0.05, 0.1) is 18.3 Å². The number of hydrogen-bond donors (Lipinski definition) is 1. The molecule has 0 spiro atoms. The standard InChI is InChI=1S/C20H25N3O3.ClH/c1-3-6-16-18(24)20(9-11-23(16)12-10-20)13-25-17-8-5-4-7-15(17)19-21-14(2)26-22-19;/h3-5,7-8,16,18,24H,1,6,9-13H2,2H3;1H. The molecule has 5 rings (SSSR count). The van der Waals surface area contributed by atoms with E-state index in [-0.39, 0.29) is 23.9 Å². The molecule has 2 unspecified atom stereocenters. The van der Waals surface area contributed by atoms with Crippen LogP contribution in [0.1, 0.15) is 25.2 Å².